The molecule has 0 amide bonds. The van der Waals surface area contributed by atoms with E-state index in [0.717, 1.165) is 35.2 Å². The summed E-state index contributed by atoms with van der Waals surface area (Å²) in [5.74, 6) is 0.775. The molecule has 0 heterocycles. The molecule has 3 aromatic rings. The molecule has 3 aromatic carbocycles. The molecule has 0 aromatic heterocycles. The quantitative estimate of drug-likeness (QED) is 0.304. The van der Waals surface area contributed by atoms with Gasteiger partial charge in [-0.1, -0.05) is 138 Å². The fraction of sp³-hybridized carbons (Fsp3) is 0.526. The van der Waals surface area contributed by atoms with Gasteiger partial charge in [0.15, 0.2) is 0 Å². The lowest BCUT2D eigenvalue weighted by atomic mass is 9.78. The topological polar surface area (TPSA) is 43.7 Å². The third kappa shape index (κ3) is 8.38. The van der Waals surface area contributed by atoms with Crippen molar-refractivity contribution in [3.8, 4) is 11.5 Å². The second-order valence-corrected chi connectivity index (χ2v) is 16.0. The molecule has 2 N–H and O–H groups in total. The van der Waals surface area contributed by atoms with Gasteiger partial charge >= 0.3 is 0 Å². The number of hydrogen-bond donors (Lipinski definition) is 2. The summed E-state index contributed by atoms with van der Waals surface area (Å²) in [7, 11) is 0. The van der Waals surface area contributed by atoms with Gasteiger partial charge in [-0.25, -0.2) is 0 Å². The predicted octanol–water partition coefficient (Wildman–Crippen LogP) is 9.53. The van der Waals surface area contributed by atoms with Crippen molar-refractivity contribution in [2.45, 2.75) is 124 Å². The van der Waals surface area contributed by atoms with Gasteiger partial charge in [-0.15, -0.1) is 0 Å². The number of benzene rings is 3. The fourth-order valence-electron chi connectivity index (χ4n) is 5.27. The minimum atomic E-state index is -0.185. The Morgan fingerprint density at radius 2 is 0.927 bits per heavy atom. The Morgan fingerprint density at radius 3 is 1.27 bits per heavy atom. The molecule has 0 unspecified atom stereocenters. The highest BCUT2D eigenvalue weighted by Crippen LogP contribution is 2.40. The zero-order chi connectivity index (χ0) is 31.0. The van der Waals surface area contributed by atoms with Crippen LogP contribution in [0, 0.1) is 0 Å². The maximum absolute atomic E-state index is 11.6. The third-order valence-corrected chi connectivity index (χ3v) is 8.07. The van der Waals surface area contributed by atoms with Crippen LogP contribution in [-0.4, -0.2) is 21.7 Å². The SMILES string of the molecule is CC(C)(C)c1cc(CN(CCc2ccccc2)Cc2cc(C(C)(C)C)cc(C(C)(C)C)c2O)c(O)c(C(C)(C)C)c1. The molecule has 0 radical (unpaired) electrons. The van der Waals surface area contributed by atoms with Crippen molar-refractivity contribution in [2.24, 2.45) is 0 Å². The molecule has 0 fully saturated rings. The first-order chi connectivity index (χ1) is 18.7. The lowest BCUT2D eigenvalue weighted by molar-refractivity contribution is 0.251. The minimum absolute atomic E-state index is 0.0434. The van der Waals surface area contributed by atoms with Crippen molar-refractivity contribution < 1.29 is 10.2 Å². The van der Waals surface area contributed by atoms with Gasteiger partial charge in [-0.3, -0.25) is 4.90 Å². The van der Waals surface area contributed by atoms with Crippen LogP contribution >= 0.6 is 0 Å². The molecule has 0 aliphatic carbocycles. The van der Waals surface area contributed by atoms with E-state index in [1.165, 1.54) is 16.7 Å². The molecule has 0 aliphatic rings. The Kier molecular flexibility index (Phi) is 9.45. The summed E-state index contributed by atoms with van der Waals surface area (Å²) in [6.07, 6.45) is 0.887. The Labute approximate surface area is 250 Å². The van der Waals surface area contributed by atoms with Crippen LogP contribution in [0.1, 0.15) is 122 Å². The van der Waals surface area contributed by atoms with Gasteiger partial charge in [0.2, 0.25) is 0 Å². The van der Waals surface area contributed by atoms with Crippen LogP contribution < -0.4 is 0 Å². The zero-order valence-corrected chi connectivity index (χ0v) is 27.9. The van der Waals surface area contributed by atoms with Crippen LogP contribution in [-0.2, 0) is 41.2 Å². The average Bonchev–Trinajstić information content (AvgIpc) is 2.82. The lowest BCUT2D eigenvalue weighted by Crippen LogP contribution is -2.27. The van der Waals surface area contributed by atoms with E-state index in [1.54, 1.807) is 0 Å². The summed E-state index contributed by atoms with van der Waals surface area (Å²) < 4.78 is 0. The summed E-state index contributed by atoms with van der Waals surface area (Å²) >= 11 is 0. The first kappa shape index (κ1) is 32.7. The van der Waals surface area contributed by atoms with Crippen LogP contribution in [0.2, 0.25) is 0 Å². The van der Waals surface area contributed by atoms with Gasteiger partial charge < -0.3 is 10.2 Å². The van der Waals surface area contributed by atoms with Gasteiger partial charge in [-0.2, -0.15) is 0 Å². The maximum Gasteiger partial charge on any atom is 0.123 e. The van der Waals surface area contributed by atoms with Crippen molar-refractivity contribution in [1.29, 1.82) is 0 Å². The van der Waals surface area contributed by atoms with E-state index in [1.807, 2.05) is 0 Å². The summed E-state index contributed by atoms with van der Waals surface area (Å²) in [4.78, 5) is 2.38. The average molecular weight is 558 g/mol. The van der Waals surface area contributed by atoms with Gasteiger partial charge in [0, 0.05) is 30.8 Å². The highest BCUT2D eigenvalue weighted by molar-refractivity contribution is 5.50. The molecule has 0 atom stereocenters. The Morgan fingerprint density at radius 1 is 0.537 bits per heavy atom. The monoisotopic (exact) mass is 557 g/mol. The molecule has 0 bridgehead atoms. The molecule has 3 nitrogen and oxygen atoms in total. The third-order valence-electron chi connectivity index (χ3n) is 8.07. The summed E-state index contributed by atoms with van der Waals surface area (Å²) in [5.41, 5.74) is 7.13. The van der Waals surface area contributed by atoms with Gasteiger partial charge in [0.1, 0.15) is 11.5 Å². The van der Waals surface area contributed by atoms with Crippen molar-refractivity contribution >= 4 is 0 Å². The Hall–Kier alpha value is -2.78. The highest BCUT2D eigenvalue weighted by atomic mass is 16.3. The van der Waals surface area contributed by atoms with Crippen LogP contribution in [0.15, 0.2) is 54.6 Å². The molecule has 3 rings (SSSR count). The van der Waals surface area contributed by atoms with Crippen molar-refractivity contribution in [1.82, 2.24) is 4.90 Å². The Balaban J connectivity index is 2.14. The number of aromatic hydroxyl groups is 2. The van der Waals surface area contributed by atoms with E-state index in [2.05, 4.69) is 143 Å². The molecule has 0 aliphatic heterocycles. The van der Waals surface area contributed by atoms with Crippen molar-refractivity contribution in [2.75, 3.05) is 6.54 Å². The molecular formula is C38H55NO2. The summed E-state index contributed by atoms with van der Waals surface area (Å²) in [5, 5.41) is 23.2. The second kappa shape index (κ2) is 11.8. The first-order valence-electron chi connectivity index (χ1n) is 15.2. The van der Waals surface area contributed by atoms with Gasteiger partial charge in [-0.05, 0) is 55.9 Å². The molecule has 0 spiro atoms. The van der Waals surface area contributed by atoms with E-state index >= 15 is 0 Å². The van der Waals surface area contributed by atoms with Crippen LogP contribution in [0.25, 0.3) is 0 Å². The van der Waals surface area contributed by atoms with E-state index in [9.17, 15) is 10.2 Å². The fourth-order valence-corrected chi connectivity index (χ4v) is 5.27. The van der Waals surface area contributed by atoms with E-state index in [0.29, 0.717) is 24.6 Å². The number of phenols is 2. The maximum atomic E-state index is 11.6. The standard InChI is InChI=1S/C38H55NO2/c1-35(2,3)29-20-27(33(40)31(22-29)37(7,8)9)24-39(19-18-26-16-14-13-15-17-26)25-28-21-30(36(4,5)6)23-32(34(28)41)38(10,11)12/h13-17,20-23,40-41H,18-19,24-25H2,1-12H3. The van der Waals surface area contributed by atoms with Crippen LogP contribution in [0.4, 0.5) is 0 Å². The Bertz CT molecular complexity index is 1240. The number of phenolic OH excluding ortho intramolecular Hbond substituents is 2. The summed E-state index contributed by atoms with van der Waals surface area (Å²) in [6.45, 7) is 28.3. The molecule has 0 saturated carbocycles. The van der Waals surface area contributed by atoms with E-state index in [4.69, 9.17) is 0 Å². The lowest BCUT2D eigenvalue weighted by Gasteiger charge is -2.31. The van der Waals surface area contributed by atoms with E-state index in [-0.39, 0.29) is 21.7 Å². The highest BCUT2D eigenvalue weighted by Gasteiger charge is 2.28. The number of hydrogen-bond acceptors (Lipinski definition) is 3. The second-order valence-electron chi connectivity index (χ2n) is 16.0. The summed E-state index contributed by atoms with van der Waals surface area (Å²) in [6, 6.07) is 19.3. The van der Waals surface area contributed by atoms with Crippen molar-refractivity contribution in [3.63, 3.8) is 0 Å². The molecule has 41 heavy (non-hydrogen) atoms. The van der Waals surface area contributed by atoms with Gasteiger partial charge in [0.25, 0.3) is 0 Å². The normalized spacial score (nSPS) is 13.2. The minimum Gasteiger partial charge on any atom is -0.507 e. The first-order valence-corrected chi connectivity index (χ1v) is 15.2. The zero-order valence-electron chi connectivity index (χ0n) is 27.9. The molecular weight excluding hydrogens is 502 g/mol. The van der Waals surface area contributed by atoms with Crippen LogP contribution in [0.3, 0.4) is 0 Å². The van der Waals surface area contributed by atoms with Crippen molar-refractivity contribution in [3.05, 3.63) is 93.5 Å². The molecule has 0 saturated heterocycles. The largest absolute Gasteiger partial charge is 0.507 e. The number of nitrogens with zero attached hydrogens (tertiary/aromatic N) is 1. The smallest absolute Gasteiger partial charge is 0.123 e. The van der Waals surface area contributed by atoms with Gasteiger partial charge in [0.05, 0.1) is 0 Å². The molecule has 224 valence electrons. The van der Waals surface area contributed by atoms with E-state index < -0.39 is 0 Å². The number of rotatable bonds is 7. The predicted molar refractivity (Wildman–Crippen MR) is 175 cm³/mol. The molecule has 3 heteroatoms. The van der Waals surface area contributed by atoms with Crippen LogP contribution in [0.5, 0.6) is 11.5 Å².